The average molecular weight is 436 g/mol. The van der Waals surface area contributed by atoms with Gasteiger partial charge in [0.25, 0.3) is 0 Å². The largest absolute Gasteiger partial charge is 0.481 e. The number of unbranched alkanes of at least 4 members (excludes halogenated alkanes) is 1. The zero-order valence-corrected chi connectivity index (χ0v) is 17.9. The first kappa shape index (κ1) is 22.7. The van der Waals surface area contributed by atoms with Crippen LogP contribution in [0.4, 0.5) is 4.39 Å². The fourth-order valence-electron chi connectivity index (χ4n) is 4.85. The molecule has 2 N–H and O–H groups in total. The monoisotopic (exact) mass is 435 g/mol. The van der Waals surface area contributed by atoms with Gasteiger partial charge in [0, 0.05) is 17.9 Å². The molecule has 1 aromatic rings. The fourth-order valence-corrected chi connectivity index (χ4v) is 6.01. The maximum absolute atomic E-state index is 13.3. The molecule has 3 fully saturated rings. The second kappa shape index (κ2) is 10.4. The lowest BCUT2D eigenvalue weighted by Crippen LogP contribution is -2.52. The summed E-state index contributed by atoms with van der Waals surface area (Å²) in [4.78, 5) is 10.6. The number of nitrogens with one attached hydrogen (secondary N) is 1. The third kappa shape index (κ3) is 6.51. The van der Waals surface area contributed by atoms with Crippen LogP contribution in [0.3, 0.4) is 0 Å². The van der Waals surface area contributed by atoms with E-state index in [9.17, 15) is 17.6 Å². The van der Waals surface area contributed by atoms with Crippen molar-refractivity contribution in [1.29, 1.82) is 0 Å². The molecule has 2 atom stereocenters. The number of hydrogen-bond donors (Lipinski definition) is 2. The Bertz CT molecular complexity index is 888. The highest BCUT2D eigenvalue weighted by atomic mass is 32.2. The molecule has 7 heteroatoms. The Morgan fingerprint density at radius 3 is 2.60 bits per heavy atom. The van der Waals surface area contributed by atoms with Crippen LogP contribution < -0.4 is 4.72 Å². The Morgan fingerprint density at radius 2 is 1.90 bits per heavy atom. The summed E-state index contributed by atoms with van der Waals surface area (Å²) in [5, 5.41) is 9.83. The molecule has 4 rings (SSSR count). The third-order valence-electron chi connectivity index (χ3n) is 6.32. The number of carbonyl (C=O) groups is 1. The van der Waals surface area contributed by atoms with E-state index in [1.165, 1.54) is 18.2 Å². The van der Waals surface area contributed by atoms with Crippen LogP contribution >= 0.6 is 0 Å². The number of sulfonamides is 1. The van der Waals surface area contributed by atoms with Crippen molar-refractivity contribution < 1.29 is 22.7 Å². The lowest BCUT2D eigenvalue weighted by Gasteiger charge is -2.48. The van der Waals surface area contributed by atoms with Gasteiger partial charge in [-0.05, 0) is 86.5 Å². The van der Waals surface area contributed by atoms with E-state index >= 15 is 0 Å². The molecule has 30 heavy (non-hydrogen) atoms. The zero-order chi connectivity index (χ0) is 21.6. The molecule has 2 bridgehead atoms. The Hall–Kier alpha value is -1.99. The molecule has 0 saturated heterocycles. The Labute approximate surface area is 178 Å². The van der Waals surface area contributed by atoms with Crippen LogP contribution in [0.15, 0.2) is 41.8 Å². The quantitative estimate of drug-likeness (QED) is 0.411. The molecule has 3 aliphatic carbocycles. The van der Waals surface area contributed by atoms with Gasteiger partial charge in [-0.15, -0.1) is 0 Å². The number of rotatable bonds is 10. The normalized spacial score (nSPS) is 26.6. The summed E-state index contributed by atoms with van der Waals surface area (Å²) in [6.45, 7) is 0. The standard InChI is InChI=1S/C23H30FNO4S/c24-20-7-5-6-17(16-20)14-15-30(28,29)25-23-19-12-10-18(11-13-19)21(23)8-3-1-2-4-9-22(26)27/h1,3,5-7,14-16,18-19,21,23,25H,2,4,8-13H2,(H,26,27)/b3-1+,15-14+. The van der Waals surface area contributed by atoms with Crippen LogP contribution in [0.25, 0.3) is 6.08 Å². The van der Waals surface area contributed by atoms with Gasteiger partial charge in [-0.2, -0.15) is 0 Å². The van der Waals surface area contributed by atoms with Gasteiger partial charge < -0.3 is 5.11 Å². The highest BCUT2D eigenvalue weighted by molar-refractivity contribution is 7.92. The van der Waals surface area contributed by atoms with E-state index in [0.717, 1.165) is 43.9 Å². The van der Waals surface area contributed by atoms with Crippen molar-refractivity contribution in [3.8, 4) is 0 Å². The van der Waals surface area contributed by atoms with E-state index < -0.39 is 21.8 Å². The highest BCUT2D eigenvalue weighted by Gasteiger charge is 2.44. The minimum Gasteiger partial charge on any atom is -0.481 e. The van der Waals surface area contributed by atoms with E-state index in [2.05, 4.69) is 10.8 Å². The topological polar surface area (TPSA) is 83.5 Å². The summed E-state index contributed by atoms with van der Waals surface area (Å²) in [7, 11) is -3.64. The van der Waals surface area contributed by atoms with E-state index in [4.69, 9.17) is 5.11 Å². The second-order valence-electron chi connectivity index (χ2n) is 8.38. The molecule has 3 aliphatic rings. The summed E-state index contributed by atoms with van der Waals surface area (Å²) in [5.41, 5.74) is 0.506. The van der Waals surface area contributed by atoms with Crippen molar-refractivity contribution in [1.82, 2.24) is 4.72 Å². The van der Waals surface area contributed by atoms with Crippen LogP contribution in [0.5, 0.6) is 0 Å². The number of halogens is 1. The van der Waals surface area contributed by atoms with Gasteiger partial charge in [0.2, 0.25) is 10.0 Å². The van der Waals surface area contributed by atoms with Crippen molar-refractivity contribution >= 4 is 22.1 Å². The number of carboxylic acids is 1. The molecule has 0 aromatic heterocycles. The molecule has 0 radical (unpaired) electrons. The zero-order valence-electron chi connectivity index (χ0n) is 17.0. The molecule has 3 saturated carbocycles. The van der Waals surface area contributed by atoms with Gasteiger partial charge in [0.15, 0.2) is 0 Å². The lowest BCUT2D eigenvalue weighted by molar-refractivity contribution is -0.137. The van der Waals surface area contributed by atoms with Gasteiger partial charge in [-0.3, -0.25) is 4.79 Å². The molecule has 0 amide bonds. The Kier molecular flexibility index (Phi) is 7.83. The number of aliphatic carboxylic acids is 1. The number of fused-ring (bicyclic) bond motifs is 3. The molecular weight excluding hydrogens is 405 g/mol. The van der Waals surface area contributed by atoms with Crippen molar-refractivity contribution in [2.45, 2.75) is 57.4 Å². The minimum absolute atomic E-state index is 0.0941. The maximum atomic E-state index is 13.3. The number of hydrogen-bond acceptors (Lipinski definition) is 3. The molecule has 164 valence electrons. The van der Waals surface area contributed by atoms with E-state index in [1.54, 1.807) is 12.1 Å². The molecule has 0 heterocycles. The molecule has 0 spiro atoms. The average Bonchev–Trinajstić information content (AvgIpc) is 2.71. The third-order valence-corrected chi connectivity index (χ3v) is 7.41. The van der Waals surface area contributed by atoms with Crippen molar-refractivity contribution in [2.75, 3.05) is 0 Å². The van der Waals surface area contributed by atoms with Crippen LogP contribution in [-0.2, 0) is 14.8 Å². The smallest absolute Gasteiger partial charge is 0.303 e. The lowest BCUT2D eigenvalue weighted by atomic mass is 9.61. The van der Waals surface area contributed by atoms with Gasteiger partial charge in [-0.1, -0.05) is 24.3 Å². The number of benzene rings is 1. The molecular formula is C23H30FNO4S. The number of allylic oxidation sites excluding steroid dienone is 2. The van der Waals surface area contributed by atoms with Crippen molar-refractivity contribution in [2.24, 2.45) is 17.8 Å². The predicted octanol–water partition coefficient (Wildman–Crippen LogP) is 4.72. The molecule has 5 nitrogen and oxygen atoms in total. The predicted molar refractivity (Wildman–Crippen MR) is 115 cm³/mol. The maximum Gasteiger partial charge on any atom is 0.303 e. The van der Waals surface area contributed by atoms with E-state index in [-0.39, 0.29) is 18.4 Å². The van der Waals surface area contributed by atoms with Gasteiger partial charge in [-0.25, -0.2) is 17.5 Å². The SMILES string of the molecule is O=C(O)CCC/C=C/CC1C2CCC(CC2)C1NS(=O)(=O)/C=C/c1cccc(F)c1. The first-order valence-electron chi connectivity index (χ1n) is 10.7. The van der Waals surface area contributed by atoms with Crippen LogP contribution in [0.1, 0.15) is 56.9 Å². The van der Waals surface area contributed by atoms with Crippen LogP contribution in [0.2, 0.25) is 0 Å². The summed E-state index contributed by atoms with van der Waals surface area (Å²) in [6, 6.07) is 5.74. The van der Waals surface area contributed by atoms with Crippen LogP contribution in [-0.4, -0.2) is 25.5 Å². The Balaban J connectivity index is 1.62. The first-order chi connectivity index (χ1) is 14.3. The Morgan fingerprint density at radius 1 is 1.17 bits per heavy atom. The summed E-state index contributed by atoms with van der Waals surface area (Å²) >= 11 is 0. The first-order valence-corrected chi connectivity index (χ1v) is 12.2. The van der Waals surface area contributed by atoms with E-state index in [0.29, 0.717) is 23.8 Å². The molecule has 0 aliphatic heterocycles. The summed E-state index contributed by atoms with van der Waals surface area (Å²) in [6.07, 6.45) is 12.2. The molecule has 1 aromatic carbocycles. The fraction of sp³-hybridized carbons (Fsp3) is 0.522. The minimum atomic E-state index is -3.64. The molecule has 2 unspecified atom stereocenters. The van der Waals surface area contributed by atoms with Gasteiger partial charge >= 0.3 is 5.97 Å². The van der Waals surface area contributed by atoms with Gasteiger partial charge in [0.1, 0.15) is 5.82 Å². The van der Waals surface area contributed by atoms with Crippen molar-refractivity contribution in [3.63, 3.8) is 0 Å². The summed E-state index contributed by atoms with van der Waals surface area (Å²) in [5.74, 6) is -0.0713. The summed E-state index contributed by atoms with van der Waals surface area (Å²) < 4.78 is 41.6. The van der Waals surface area contributed by atoms with Gasteiger partial charge in [0.05, 0.1) is 0 Å². The van der Waals surface area contributed by atoms with Crippen LogP contribution in [0, 0.1) is 23.6 Å². The van der Waals surface area contributed by atoms with Crippen molar-refractivity contribution in [3.05, 3.63) is 53.2 Å². The highest BCUT2D eigenvalue weighted by Crippen LogP contribution is 2.46. The second-order valence-corrected chi connectivity index (χ2v) is 9.98. The number of carboxylic acid groups (broad SMARTS) is 1. The van der Waals surface area contributed by atoms with E-state index in [1.807, 2.05) is 6.08 Å².